The highest BCUT2D eigenvalue weighted by atomic mass is 32.2. The van der Waals surface area contributed by atoms with Crippen molar-refractivity contribution in [3.05, 3.63) is 23.8 Å². The van der Waals surface area contributed by atoms with Crippen LogP contribution in [0.3, 0.4) is 0 Å². The monoisotopic (exact) mass is 404 g/mol. The molecule has 1 aromatic rings. The lowest BCUT2D eigenvalue weighted by molar-refractivity contribution is -0.138. The zero-order chi connectivity index (χ0) is 19.9. The molecule has 9 heteroatoms. The Hall–Kier alpha value is -1.90. The molecule has 1 saturated heterocycles. The largest absolute Gasteiger partial charge is 0.468 e. The van der Waals surface area contributed by atoms with Crippen molar-refractivity contribution in [3.8, 4) is 0 Å². The number of halogens is 3. The van der Waals surface area contributed by atoms with Crippen LogP contribution >= 0.6 is 11.8 Å². The van der Waals surface area contributed by atoms with E-state index < -0.39 is 11.7 Å². The zero-order valence-corrected chi connectivity index (χ0v) is 15.9. The van der Waals surface area contributed by atoms with Crippen LogP contribution in [0.25, 0.3) is 0 Å². The summed E-state index contributed by atoms with van der Waals surface area (Å²) in [6.07, 6.45) is -1.35. The molecule has 5 nitrogen and oxygen atoms in total. The van der Waals surface area contributed by atoms with Crippen molar-refractivity contribution in [2.24, 2.45) is 0 Å². The molecule has 1 aliphatic rings. The van der Waals surface area contributed by atoms with Crippen LogP contribution in [0.4, 0.5) is 24.5 Å². The topological polar surface area (TPSA) is 58.6 Å². The van der Waals surface area contributed by atoms with Gasteiger partial charge in [-0.25, -0.2) is 0 Å². The van der Waals surface area contributed by atoms with Crippen LogP contribution in [0, 0.1) is 0 Å². The van der Waals surface area contributed by atoms with Crippen molar-refractivity contribution < 1.29 is 27.5 Å². The fourth-order valence-corrected chi connectivity index (χ4v) is 3.57. The van der Waals surface area contributed by atoms with Crippen molar-refractivity contribution in [2.75, 3.05) is 41.9 Å². The SMILES string of the molecule is COC(=O)CSCCC(=O)Nc1cc(C(F)(F)F)ccc1N1CCCCC1. The molecule has 1 fully saturated rings. The summed E-state index contributed by atoms with van der Waals surface area (Å²) in [4.78, 5) is 25.2. The zero-order valence-electron chi connectivity index (χ0n) is 15.1. The highest BCUT2D eigenvalue weighted by Gasteiger charge is 2.31. The van der Waals surface area contributed by atoms with E-state index in [4.69, 9.17) is 0 Å². The van der Waals surface area contributed by atoms with E-state index in [2.05, 4.69) is 10.1 Å². The van der Waals surface area contributed by atoms with Gasteiger partial charge in [0, 0.05) is 25.3 Å². The van der Waals surface area contributed by atoms with Crippen LogP contribution in [-0.2, 0) is 20.5 Å². The standard InChI is InChI=1S/C18H23F3N2O3S/c1-26-17(25)12-27-10-7-16(24)22-14-11-13(18(19,20)21)5-6-15(14)23-8-3-2-4-9-23/h5-6,11H,2-4,7-10,12H2,1H3,(H,22,24). The Morgan fingerprint density at radius 2 is 1.93 bits per heavy atom. The third-order valence-corrected chi connectivity index (χ3v) is 5.15. The molecular formula is C18H23F3N2O3S. The third kappa shape index (κ3) is 6.64. The van der Waals surface area contributed by atoms with Gasteiger partial charge < -0.3 is 15.0 Å². The highest BCUT2D eigenvalue weighted by molar-refractivity contribution is 7.99. The summed E-state index contributed by atoms with van der Waals surface area (Å²) in [5, 5.41) is 2.61. The molecule has 27 heavy (non-hydrogen) atoms. The quantitative estimate of drug-likeness (QED) is 0.551. The summed E-state index contributed by atoms with van der Waals surface area (Å²) >= 11 is 1.24. The minimum Gasteiger partial charge on any atom is -0.468 e. The second-order valence-electron chi connectivity index (χ2n) is 6.20. The van der Waals surface area contributed by atoms with Gasteiger partial charge in [-0.1, -0.05) is 0 Å². The maximum absolute atomic E-state index is 13.1. The van der Waals surface area contributed by atoms with Gasteiger partial charge in [0.25, 0.3) is 0 Å². The van der Waals surface area contributed by atoms with E-state index in [1.54, 1.807) is 0 Å². The molecule has 1 aliphatic heterocycles. The van der Waals surface area contributed by atoms with Gasteiger partial charge in [0.15, 0.2) is 0 Å². The van der Waals surface area contributed by atoms with Crippen molar-refractivity contribution in [1.29, 1.82) is 0 Å². The van der Waals surface area contributed by atoms with E-state index in [1.807, 2.05) is 4.90 Å². The number of hydrogen-bond acceptors (Lipinski definition) is 5. The van der Waals surface area contributed by atoms with Crippen molar-refractivity contribution >= 4 is 35.0 Å². The number of anilines is 2. The molecule has 1 amide bonds. The van der Waals surface area contributed by atoms with Gasteiger partial charge in [0.05, 0.1) is 29.8 Å². The number of piperidine rings is 1. The molecule has 0 aliphatic carbocycles. The van der Waals surface area contributed by atoms with E-state index in [9.17, 15) is 22.8 Å². The second kappa shape index (κ2) is 9.87. The fraction of sp³-hybridized carbons (Fsp3) is 0.556. The van der Waals surface area contributed by atoms with Crippen LogP contribution < -0.4 is 10.2 Å². The van der Waals surface area contributed by atoms with Crippen LogP contribution in [0.15, 0.2) is 18.2 Å². The van der Waals surface area contributed by atoms with Gasteiger partial charge in [-0.2, -0.15) is 13.2 Å². The number of carbonyl (C=O) groups is 2. The lowest BCUT2D eigenvalue weighted by atomic mass is 10.1. The number of esters is 1. The Balaban J connectivity index is 2.07. The number of thioether (sulfide) groups is 1. The molecule has 1 aromatic carbocycles. The van der Waals surface area contributed by atoms with Crippen LogP contribution in [0.1, 0.15) is 31.2 Å². The summed E-state index contributed by atoms with van der Waals surface area (Å²) in [7, 11) is 1.28. The maximum Gasteiger partial charge on any atom is 0.416 e. The molecule has 1 N–H and O–H groups in total. The minimum absolute atomic E-state index is 0.0946. The Bertz CT molecular complexity index is 662. The normalized spacial score (nSPS) is 14.7. The lowest BCUT2D eigenvalue weighted by Gasteiger charge is -2.31. The first kappa shape index (κ1) is 21.4. The smallest absolute Gasteiger partial charge is 0.416 e. The van der Waals surface area contributed by atoms with Crippen LogP contribution in [0.5, 0.6) is 0 Å². The molecule has 2 rings (SSSR count). The number of alkyl halides is 3. The Labute approximate surface area is 160 Å². The molecule has 0 aromatic heterocycles. The molecule has 0 unspecified atom stereocenters. The Morgan fingerprint density at radius 3 is 2.56 bits per heavy atom. The number of carbonyl (C=O) groups excluding carboxylic acids is 2. The van der Waals surface area contributed by atoms with E-state index in [0.717, 1.165) is 44.5 Å². The number of benzene rings is 1. The summed E-state index contributed by atoms with van der Waals surface area (Å²) in [6, 6.07) is 3.46. The van der Waals surface area contributed by atoms with Gasteiger partial charge in [-0.3, -0.25) is 9.59 Å². The first-order valence-electron chi connectivity index (χ1n) is 8.72. The molecule has 0 spiro atoms. The second-order valence-corrected chi connectivity index (χ2v) is 7.31. The summed E-state index contributed by atoms with van der Waals surface area (Å²) in [6.45, 7) is 1.51. The molecule has 1 heterocycles. The number of nitrogens with zero attached hydrogens (tertiary/aromatic N) is 1. The van der Waals surface area contributed by atoms with E-state index in [0.29, 0.717) is 11.4 Å². The number of methoxy groups -OCH3 is 1. The average Bonchev–Trinajstić information content (AvgIpc) is 2.65. The average molecular weight is 404 g/mol. The summed E-state index contributed by atoms with van der Waals surface area (Å²) < 4.78 is 43.7. The summed E-state index contributed by atoms with van der Waals surface area (Å²) in [5.41, 5.74) is -0.00779. The Kier molecular flexibility index (Phi) is 7.82. The molecule has 150 valence electrons. The van der Waals surface area contributed by atoms with Crippen molar-refractivity contribution in [2.45, 2.75) is 31.9 Å². The van der Waals surface area contributed by atoms with Crippen molar-refractivity contribution in [3.63, 3.8) is 0 Å². The number of nitrogens with one attached hydrogen (secondary N) is 1. The minimum atomic E-state index is -4.48. The van der Waals surface area contributed by atoms with Gasteiger partial charge in [0.2, 0.25) is 5.91 Å². The fourth-order valence-electron chi connectivity index (χ4n) is 2.82. The molecular weight excluding hydrogens is 381 g/mol. The first-order chi connectivity index (χ1) is 12.8. The molecule has 0 bridgehead atoms. The number of ether oxygens (including phenoxy) is 1. The number of amides is 1. The number of hydrogen-bond donors (Lipinski definition) is 1. The molecule has 0 radical (unpaired) electrons. The molecule has 0 saturated carbocycles. The van der Waals surface area contributed by atoms with Gasteiger partial charge in [0.1, 0.15) is 0 Å². The van der Waals surface area contributed by atoms with Crippen molar-refractivity contribution in [1.82, 2.24) is 0 Å². The van der Waals surface area contributed by atoms with Crippen LogP contribution in [0.2, 0.25) is 0 Å². The van der Waals surface area contributed by atoms with Gasteiger partial charge in [-0.05, 0) is 37.5 Å². The predicted octanol–water partition coefficient (Wildman–Crippen LogP) is 3.93. The first-order valence-corrected chi connectivity index (χ1v) is 9.87. The highest BCUT2D eigenvalue weighted by Crippen LogP contribution is 2.36. The number of rotatable bonds is 7. The Morgan fingerprint density at radius 1 is 1.22 bits per heavy atom. The van der Waals surface area contributed by atoms with Gasteiger partial charge >= 0.3 is 12.1 Å². The summed E-state index contributed by atoms with van der Waals surface area (Å²) in [5.74, 6) is -0.263. The molecule has 0 atom stereocenters. The lowest BCUT2D eigenvalue weighted by Crippen LogP contribution is -2.30. The predicted molar refractivity (Wildman–Crippen MR) is 100 cm³/mol. The van der Waals surface area contributed by atoms with E-state index >= 15 is 0 Å². The van der Waals surface area contributed by atoms with Gasteiger partial charge in [-0.15, -0.1) is 11.8 Å². The third-order valence-electron chi connectivity index (χ3n) is 4.22. The van der Waals surface area contributed by atoms with E-state index in [-0.39, 0.29) is 29.7 Å². The van der Waals surface area contributed by atoms with E-state index in [1.165, 1.54) is 24.9 Å². The van der Waals surface area contributed by atoms with Crippen LogP contribution in [-0.4, -0.2) is 43.6 Å². The maximum atomic E-state index is 13.1.